The Morgan fingerprint density at radius 2 is 2.12 bits per heavy atom. The van der Waals surface area contributed by atoms with Gasteiger partial charge >= 0.3 is 5.97 Å². The number of rotatable bonds is 2. The third-order valence-electron chi connectivity index (χ3n) is 2.32. The van der Waals surface area contributed by atoms with Crippen LogP contribution in [0.5, 0.6) is 0 Å². The van der Waals surface area contributed by atoms with Crippen LogP contribution in [0, 0.1) is 0 Å². The standard InChI is InChI=1S/C9H10F2N2O2S/c10-5-1-6(11)4-13(3-5)9-12-2-7(16-9)8(14)15/h2,5-6H,1,3-4H2,(H,14,15)/t5-,6+. The zero-order valence-electron chi connectivity index (χ0n) is 8.27. The lowest BCUT2D eigenvalue weighted by molar-refractivity contribution is 0.0702. The van der Waals surface area contributed by atoms with Gasteiger partial charge in [-0.2, -0.15) is 0 Å². The number of hydrogen-bond donors (Lipinski definition) is 1. The van der Waals surface area contributed by atoms with Gasteiger partial charge in [-0.15, -0.1) is 0 Å². The second-order valence-electron chi connectivity index (χ2n) is 3.65. The van der Waals surface area contributed by atoms with Crippen LogP contribution < -0.4 is 4.90 Å². The quantitative estimate of drug-likeness (QED) is 0.866. The highest BCUT2D eigenvalue weighted by molar-refractivity contribution is 7.17. The molecular formula is C9H10F2N2O2S. The third-order valence-corrected chi connectivity index (χ3v) is 3.37. The van der Waals surface area contributed by atoms with Gasteiger partial charge in [0.2, 0.25) is 0 Å². The van der Waals surface area contributed by atoms with Crippen LogP contribution in [0.3, 0.4) is 0 Å². The summed E-state index contributed by atoms with van der Waals surface area (Å²) in [7, 11) is 0. The Labute approximate surface area is 94.5 Å². The van der Waals surface area contributed by atoms with E-state index in [2.05, 4.69) is 4.98 Å². The van der Waals surface area contributed by atoms with Crippen molar-refractivity contribution in [3.8, 4) is 0 Å². The second-order valence-corrected chi connectivity index (χ2v) is 4.66. The van der Waals surface area contributed by atoms with E-state index in [4.69, 9.17) is 5.11 Å². The number of hydrogen-bond acceptors (Lipinski definition) is 4. The van der Waals surface area contributed by atoms with Crippen LogP contribution in [0.25, 0.3) is 0 Å². The average molecular weight is 248 g/mol. The largest absolute Gasteiger partial charge is 0.477 e. The van der Waals surface area contributed by atoms with Crippen LogP contribution in [-0.4, -0.2) is 41.5 Å². The summed E-state index contributed by atoms with van der Waals surface area (Å²) < 4.78 is 26.2. The Morgan fingerprint density at radius 3 is 2.62 bits per heavy atom. The van der Waals surface area contributed by atoms with Crippen molar-refractivity contribution in [2.24, 2.45) is 0 Å². The highest BCUT2D eigenvalue weighted by Gasteiger charge is 2.28. The Hall–Kier alpha value is -1.24. The highest BCUT2D eigenvalue weighted by Crippen LogP contribution is 2.27. The Bertz CT molecular complexity index is 389. The number of anilines is 1. The third kappa shape index (κ3) is 2.29. The number of thiazole rings is 1. The van der Waals surface area contributed by atoms with E-state index >= 15 is 0 Å². The van der Waals surface area contributed by atoms with Crippen molar-refractivity contribution < 1.29 is 18.7 Å². The molecule has 0 bridgehead atoms. The van der Waals surface area contributed by atoms with Crippen molar-refractivity contribution in [3.05, 3.63) is 11.1 Å². The number of aromatic carboxylic acids is 1. The molecule has 1 N–H and O–H groups in total. The van der Waals surface area contributed by atoms with Crippen LogP contribution in [0.15, 0.2) is 6.20 Å². The first-order chi connectivity index (χ1) is 7.56. The van der Waals surface area contributed by atoms with Gasteiger partial charge in [0.1, 0.15) is 17.2 Å². The van der Waals surface area contributed by atoms with Crippen molar-refractivity contribution in [1.82, 2.24) is 4.98 Å². The van der Waals surface area contributed by atoms with Crippen LogP contribution >= 0.6 is 11.3 Å². The molecule has 1 aromatic rings. The van der Waals surface area contributed by atoms with Crippen LogP contribution in [0.4, 0.5) is 13.9 Å². The van der Waals surface area contributed by atoms with Crippen molar-refractivity contribution in [3.63, 3.8) is 0 Å². The van der Waals surface area contributed by atoms with Crippen molar-refractivity contribution >= 4 is 22.4 Å². The molecule has 7 heteroatoms. The molecule has 4 nitrogen and oxygen atoms in total. The minimum Gasteiger partial charge on any atom is -0.477 e. The molecule has 1 fully saturated rings. The smallest absolute Gasteiger partial charge is 0.347 e. The molecule has 1 aliphatic heterocycles. The van der Waals surface area contributed by atoms with Gasteiger partial charge in [0.25, 0.3) is 0 Å². The Kier molecular flexibility index (Phi) is 3.04. The lowest BCUT2D eigenvalue weighted by Gasteiger charge is -2.30. The summed E-state index contributed by atoms with van der Waals surface area (Å²) in [5.74, 6) is -1.07. The highest BCUT2D eigenvalue weighted by atomic mass is 32.1. The topological polar surface area (TPSA) is 53.4 Å². The van der Waals surface area contributed by atoms with Gasteiger partial charge in [0, 0.05) is 6.42 Å². The number of nitrogens with zero attached hydrogens (tertiary/aromatic N) is 2. The molecule has 2 rings (SSSR count). The van der Waals surface area contributed by atoms with Crippen LogP contribution in [0.2, 0.25) is 0 Å². The van der Waals surface area contributed by atoms with E-state index in [1.807, 2.05) is 0 Å². The molecule has 0 saturated carbocycles. The van der Waals surface area contributed by atoms with E-state index in [0.29, 0.717) is 5.13 Å². The average Bonchev–Trinajstić information content (AvgIpc) is 2.64. The molecule has 0 spiro atoms. The zero-order chi connectivity index (χ0) is 11.7. The fourth-order valence-corrected chi connectivity index (χ4v) is 2.42. The molecule has 88 valence electrons. The summed E-state index contributed by atoms with van der Waals surface area (Å²) in [5.41, 5.74) is 0. The predicted molar refractivity (Wildman–Crippen MR) is 55.7 cm³/mol. The van der Waals surface area contributed by atoms with Gasteiger partial charge in [-0.05, 0) is 0 Å². The fraction of sp³-hybridized carbons (Fsp3) is 0.556. The lowest BCUT2D eigenvalue weighted by atomic mass is 10.1. The number of halogens is 2. The Balaban J connectivity index is 2.13. The molecular weight excluding hydrogens is 238 g/mol. The summed E-state index contributed by atoms with van der Waals surface area (Å²) >= 11 is 0.934. The number of carboxylic acids is 1. The van der Waals surface area contributed by atoms with Gasteiger partial charge in [0.15, 0.2) is 5.13 Å². The monoisotopic (exact) mass is 248 g/mol. The van der Waals surface area contributed by atoms with Gasteiger partial charge in [-0.25, -0.2) is 18.6 Å². The number of carboxylic acid groups (broad SMARTS) is 1. The molecule has 2 heterocycles. The normalized spacial score (nSPS) is 25.8. The SMILES string of the molecule is O=C(O)c1cnc(N2C[C@H](F)C[C@H](F)C2)s1. The first kappa shape index (κ1) is 11.3. The minimum atomic E-state index is -1.22. The maximum absolute atomic E-state index is 13.1. The second kappa shape index (κ2) is 4.32. The lowest BCUT2D eigenvalue weighted by Crippen LogP contribution is -2.42. The predicted octanol–water partition coefficient (Wildman–Crippen LogP) is 1.73. The van der Waals surface area contributed by atoms with Crippen LogP contribution in [0.1, 0.15) is 16.1 Å². The molecule has 1 saturated heterocycles. The van der Waals surface area contributed by atoms with Gasteiger partial charge in [0.05, 0.1) is 19.3 Å². The van der Waals surface area contributed by atoms with E-state index in [9.17, 15) is 13.6 Å². The maximum Gasteiger partial charge on any atom is 0.347 e. The van der Waals surface area contributed by atoms with E-state index in [1.54, 1.807) is 0 Å². The molecule has 0 unspecified atom stereocenters. The fourth-order valence-electron chi connectivity index (χ4n) is 1.65. The molecule has 2 atom stereocenters. The molecule has 0 aromatic carbocycles. The first-order valence-corrected chi connectivity index (χ1v) is 5.60. The van der Waals surface area contributed by atoms with E-state index in [-0.39, 0.29) is 24.4 Å². The summed E-state index contributed by atoms with van der Waals surface area (Å²) in [5, 5.41) is 9.07. The van der Waals surface area contributed by atoms with Crippen molar-refractivity contribution in [2.75, 3.05) is 18.0 Å². The van der Waals surface area contributed by atoms with Gasteiger partial charge in [-0.1, -0.05) is 11.3 Å². The summed E-state index contributed by atoms with van der Waals surface area (Å²) in [6.45, 7) is 0.153. The molecule has 1 aromatic heterocycles. The molecule has 0 radical (unpaired) electrons. The maximum atomic E-state index is 13.1. The Morgan fingerprint density at radius 1 is 1.50 bits per heavy atom. The molecule has 16 heavy (non-hydrogen) atoms. The number of piperidine rings is 1. The summed E-state index contributed by atoms with van der Waals surface area (Å²) in [4.78, 5) is 16.0. The van der Waals surface area contributed by atoms with Crippen molar-refractivity contribution in [1.29, 1.82) is 0 Å². The van der Waals surface area contributed by atoms with E-state index in [1.165, 1.54) is 11.1 Å². The molecule has 0 amide bonds. The van der Waals surface area contributed by atoms with Crippen molar-refractivity contribution in [2.45, 2.75) is 18.8 Å². The van der Waals surface area contributed by atoms with Gasteiger partial charge in [-0.3, -0.25) is 0 Å². The number of aromatic nitrogens is 1. The molecule has 1 aliphatic rings. The van der Waals surface area contributed by atoms with Crippen LogP contribution in [-0.2, 0) is 0 Å². The number of alkyl halides is 2. The zero-order valence-corrected chi connectivity index (χ0v) is 9.08. The van der Waals surface area contributed by atoms with Gasteiger partial charge < -0.3 is 10.0 Å². The molecule has 0 aliphatic carbocycles. The summed E-state index contributed by atoms with van der Waals surface area (Å²) in [6, 6.07) is 0. The summed E-state index contributed by atoms with van der Waals surface area (Å²) in [6.07, 6.45) is -1.33. The first-order valence-electron chi connectivity index (χ1n) is 4.78. The van der Waals surface area contributed by atoms with E-state index < -0.39 is 18.3 Å². The minimum absolute atomic E-state index is 0.0754. The van der Waals surface area contributed by atoms with E-state index in [0.717, 1.165) is 11.3 Å². The number of carbonyl (C=O) groups is 1.